The van der Waals surface area contributed by atoms with E-state index in [1.807, 2.05) is 112 Å². The van der Waals surface area contributed by atoms with Crippen LogP contribution in [0.4, 0.5) is 29.7 Å². The average Bonchev–Trinajstić information content (AvgIpc) is 1.70. The number of nitrogen functional groups attached to an aromatic ring is 5. The summed E-state index contributed by atoms with van der Waals surface area (Å²) < 4.78 is 5.39. The molecule has 1 aliphatic carbocycles. The van der Waals surface area contributed by atoms with Gasteiger partial charge in [0, 0.05) is 81.4 Å². The Morgan fingerprint density at radius 2 is 0.862 bits per heavy atom. The Morgan fingerprint density at radius 1 is 0.450 bits per heavy atom. The van der Waals surface area contributed by atoms with Gasteiger partial charge in [0.05, 0.1) is 41.7 Å². The number of hydrogen-bond donors (Lipinski definition) is 5. The third-order valence-electron chi connectivity index (χ3n) is 20.3. The molecule has 566 valence electrons. The average molecular weight is 1460 g/mol. The maximum Gasteiger partial charge on any atom is 0.220 e. The van der Waals surface area contributed by atoms with E-state index < -0.39 is 0 Å². The molecular weight excluding hydrogens is 1350 g/mol. The molecule has 0 radical (unpaired) electrons. The van der Waals surface area contributed by atoms with Crippen LogP contribution in [-0.2, 0) is 43.3 Å². The summed E-state index contributed by atoms with van der Waals surface area (Å²) in [5.41, 5.74) is 55.6. The second-order valence-electron chi connectivity index (χ2n) is 28.7. The number of Topliss-reactive ketones (excluding diaryl/α,β-unsaturated/α-hetero) is 1. The number of hydrogen-bond acceptors (Lipinski definition) is 19. The first-order valence-corrected chi connectivity index (χ1v) is 38.5. The molecule has 2 aliphatic heterocycles. The summed E-state index contributed by atoms with van der Waals surface area (Å²) in [6.07, 6.45) is 15.7. The summed E-state index contributed by atoms with van der Waals surface area (Å²) in [7, 11) is 0. The highest BCUT2D eigenvalue weighted by molar-refractivity contribution is 5.98. The second-order valence-corrected chi connectivity index (χ2v) is 28.7. The van der Waals surface area contributed by atoms with Crippen molar-refractivity contribution in [3.05, 3.63) is 248 Å². The van der Waals surface area contributed by atoms with Gasteiger partial charge in [-0.25, -0.2) is 49.8 Å². The highest BCUT2D eigenvalue weighted by atomic mass is 16.5. The van der Waals surface area contributed by atoms with E-state index in [1.54, 1.807) is 0 Å². The molecule has 3 aliphatic rings. The van der Waals surface area contributed by atoms with Crippen molar-refractivity contribution in [3.8, 4) is 56.3 Å². The number of aromatic nitrogens is 10. The van der Waals surface area contributed by atoms with Crippen LogP contribution in [0.5, 0.6) is 0 Å². The molecule has 0 unspecified atom stereocenters. The number of benzene rings is 6. The van der Waals surface area contributed by atoms with Crippen molar-refractivity contribution >= 4 is 41.6 Å². The predicted octanol–water partition coefficient (Wildman–Crippen LogP) is 16.6. The monoisotopic (exact) mass is 1460 g/mol. The molecule has 2 saturated heterocycles. The molecule has 0 spiro atoms. The first-order valence-electron chi connectivity index (χ1n) is 38.5. The van der Waals surface area contributed by atoms with E-state index in [2.05, 4.69) is 181 Å². The molecule has 0 atom stereocenters. The number of morpholine rings is 1. The third kappa shape index (κ3) is 24.3. The van der Waals surface area contributed by atoms with E-state index >= 15 is 0 Å². The molecule has 19 nitrogen and oxygen atoms in total. The summed E-state index contributed by atoms with van der Waals surface area (Å²) in [6.45, 7) is 31.1. The Kier molecular flexibility index (Phi) is 29.4. The number of piperidine rings is 1. The highest BCUT2D eigenvalue weighted by Gasteiger charge is 2.23. The van der Waals surface area contributed by atoms with Gasteiger partial charge in [0.2, 0.25) is 29.7 Å². The molecule has 19 heteroatoms. The number of likely N-dealkylation sites (tertiary alicyclic amines) is 1. The van der Waals surface area contributed by atoms with Gasteiger partial charge in [-0.2, -0.15) is 0 Å². The Hall–Kier alpha value is -11.0. The van der Waals surface area contributed by atoms with Crippen molar-refractivity contribution < 1.29 is 9.53 Å². The second kappa shape index (κ2) is 39.7. The van der Waals surface area contributed by atoms with Gasteiger partial charge in [-0.05, 0) is 232 Å². The third-order valence-corrected chi connectivity index (χ3v) is 20.3. The zero-order valence-electron chi connectivity index (χ0n) is 65.3. The van der Waals surface area contributed by atoms with Gasteiger partial charge < -0.3 is 38.3 Å². The molecule has 1 saturated carbocycles. The van der Waals surface area contributed by atoms with Crippen LogP contribution in [0.3, 0.4) is 0 Å². The van der Waals surface area contributed by atoms with E-state index in [0.29, 0.717) is 35.8 Å². The van der Waals surface area contributed by atoms with E-state index in [1.165, 1.54) is 84.1 Å². The first kappa shape index (κ1) is 80.5. The van der Waals surface area contributed by atoms with Crippen LogP contribution >= 0.6 is 0 Å². The SMILES string of the molecule is C=Cc1ccc(-c2cc(CC)nc(N)n2)cc1.CCc1cc(-c2cccc(C(=O)Cc3ccc(C)cc3)c2)nc(N)n1.Cc1cccc(-c2cc(CC3CC3)nc(N)n2)c1C.Cc1cccc(-c2cc(CCCN3CCCCC3)nc(N)n2)c1C.Cc1cccc(-c2cc(CCCN3CCOCC3)nc(N)n2)c1C. The van der Waals surface area contributed by atoms with Gasteiger partial charge in [-0.1, -0.05) is 160 Å². The molecule has 14 rings (SSSR count). The van der Waals surface area contributed by atoms with Crippen LogP contribution in [0.25, 0.3) is 62.4 Å². The van der Waals surface area contributed by atoms with Gasteiger partial charge in [-0.3, -0.25) is 9.69 Å². The Balaban J connectivity index is 0.000000146. The molecule has 109 heavy (non-hydrogen) atoms. The predicted molar refractivity (Wildman–Crippen MR) is 447 cm³/mol. The van der Waals surface area contributed by atoms with Crippen LogP contribution in [0.15, 0.2) is 164 Å². The molecule has 6 aromatic carbocycles. The molecule has 10 N–H and O–H groups in total. The fourth-order valence-electron chi connectivity index (χ4n) is 13.3. The zero-order chi connectivity index (χ0) is 77.3. The number of aryl methyl sites for hydroxylation is 8. The largest absolute Gasteiger partial charge is 0.379 e. The maximum absolute atomic E-state index is 12.6. The number of nitrogens with zero attached hydrogens (tertiary/aromatic N) is 12. The number of anilines is 5. The first-order chi connectivity index (χ1) is 52.7. The number of carbonyl (C=O) groups excluding carboxylic acids is 1. The smallest absolute Gasteiger partial charge is 0.220 e. The van der Waals surface area contributed by atoms with Gasteiger partial charge >= 0.3 is 0 Å². The zero-order valence-corrected chi connectivity index (χ0v) is 65.3. The van der Waals surface area contributed by atoms with Crippen molar-refractivity contribution in [1.29, 1.82) is 0 Å². The molecule has 7 heterocycles. The van der Waals surface area contributed by atoms with E-state index in [-0.39, 0.29) is 11.7 Å². The van der Waals surface area contributed by atoms with Crippen molar-refractivity contribution in [3.63, 3.8) is 0 Å². The molecule has 0 bridgehead atoms. The number of carbonyl (C=O) groups is 1. The number of rotatable bonds is 21. The highest BCUT2D eigenvalue weighted by Crippen LogP contribution is 2.34. The molecular formula is C90H109N17O2. The molecule has 11 aromatic rings. The van der Waals surface area contributed by atoms with E-state index in [9.17, 15) is 4.79 Å². The number of ketones is 1. The van der Waals surface area contributed by atoms with Crippen LogP contribution < -0.4 is 28.7 Å². The normalized spacial score (nSPS) is 13.4. The topological polar surface area (TPSA) is 292 Å². The van der Waals surface area contributed by atoms with Crippen LogP contribution in [-0.4, -0.2) is 118 Å². The minimum Gasteiger partial charge on any atom is -0.379 e. The summed E-state index contributed by atoms with van der Waals surface area (Å²) in [4.78, 5) is 61.1. The van der Waals surface area contributed by atoms with Crippen LogP contribution in [0.2, 0.25) is 0 Å². The summed E-state index contributed by atoms with van der Waals surface area (Å²) in [6, 6.07) is 52.6. The lowest BCUT2D eigenvalue weighted by Gasteiger charge is -2.26. The quantitative estimate of drug-likeness (QED) is 0.0418. The summed E-state index contributed by atoms with van der Waals surface area (Å²) in [5, 5.41) is 0. The fourth-order valence-corrected chi connectivity index (χ4v) is 13.3. The Morgan fingerprint density at radius 3 is 1.32 bits per heavy atom. The molecule has 3 fully saturated rings. The van der Waals surface area contributed by atoms with Crippen molar-refractivity contribution in [2.75, 3.05) is 81.2 Å². The van der Waals surface area contributed by atoms with E-state index in [0.717, 1.165) is 186 Å². The number of nitrogens with two attached hydrogens (primary N) is 5. The minimum absolute atomic E-state index is 0.0865. The summed E-state index contributed by atoms with van der Waals surface area (Å²) in [5.74, 6) is 2.59. The van der Waals surface area contributed by atoms with Crippen molar-refractivity contribution in [2.45, 2.75) is 146 Å². The fraction of sp³-hybridized carbons (Fsp3) is 0.344. The molecule has 5 aromatic heterocycles. The van der Waals surface area contributed by atoms with Gasteiger partial charge in [0.15, 0.2) is 5.78 Å². The Bertz CT molecular complexity index is 4710. The van der Waals surface area contributed by atoms with Crippen molar-refractivity contribution in [2.24, 2.45) is 5.92 Å². The number of ether oxygens (including phenoxy) is 1. The Labute approximate surface area is 644 Å². The lowest BCUT2D eigenvalue weighted by atomic mass is 9.99. The van der Waals surface area contributed by atoms with Gasteiger partial charge in [0.25, 0.3) is 0 Å². The van der Waals surface area contributed by atoms with Crippen LogP contribution in [0.1, 0.15) is 148 Å². The van der Waals surface area contributed by atoms with E-state index in [4.69, 9.17) is 33.4 Å². The standard InChI is InChI=1S/C21H21N3O.C20H28N4.C19H26N4O.C16H19N3.C14H15N3/c1-3-18-13-19(24-21(22)23-18)16-5-4-6-17(12-16)20(25)11-15-9-7-14(2)8-10-15;1-15-8-6-10-18(16(15)2)19-14-17(22-20(21)23-19)9-7-13-24-11-4-3-5-12-24;1-14-5-3-7-17(15(14)2)18-13-16(21-19(20)22-18)6-4-8-23-9-11-24-12-10-23;1-10-4-3-5-14(11(10)2)15-9-13(8-12-6-7-12)18-16(17)19-15;1-3-10-5-7-11(8-6-10)13-9-12(4-2)16-14(15)17-13/h4-10,12-13H,3,11H2,1-2H3,(H2,22,23,24);6,8,10,14H,3-5,7,9,11-13H2,1-2H3,(H2,21,22,23);3,5,7,13H,4,6,8-12H2,1-2H3,(H2,20,21,22);3-5,9,12H,6-8H2,1-2H3,(H2,17,18,19);3,5-9H,1,4H2,2H3,(H2,15,16,17). The lowest BCUT2D eigenvalue weighted by Crippen LogP contribution is -2.36. The van der Waals surface area contributed by atoms with Crippen molar-refractivity contribution in [1.82, 2.24) is 59.6 Å². The maximum atomic E-state index is 12.6. The van der Waals surface area contributed by atoms with Gasteiger partial charge in [-0.15, -0.1) is 0 Å². The summed E-state index contributed by atoms with van der Waals surface area (Å²) >= 11 is 0. The molecule has 0 amide bonds. The lowest BCUT2D eigenvalue weighted by molar-refractivity contribution is 0.0374. The van der Waals surface area contributed by atoms with Gasteiger partial charge in [0.1, 0.15) is 0 Å². The van der Waals surface area contributed by atoms with Crippen LogP contribution in [0, 0.1) is 54.4 Å². The minimum atomic E-state index is 0.0865.